The highest BCUT2D eigenvalue weighted by molar-refractivity contribution is 5.85. The quantitative estimate of drug-likeness (QED) is 0.772. The number of hydrogen-bond donors (Lipinski definition) is 1. The standard InChI is InChI=1S/C18H19FN2O4/c1-24-17-13(6-4-8-20-17)11-15(18(23)25-2)21-16(22)10-12-5-3-7-14(19)9-12/h3-9,15H,10-11H2,1-2H3,(H,21,22)/t15-/m1/s1. The molecule has 132 valence electrons. The molecular weight excluding hydrogens is 327 g/mol. The Balaban J connectivity index is 2.09. The van der Waals surface area contributed by atoms with Crippen molar-refractivity contribution in [2.24, 2.45) is 0 Å². The van der Waals surface area contributed by atoms with Gasteiger partial charge in [0.1, 0.15) is 11.9 Å². The highest BCUT2D eigenvalue weighted by atomic mass is 19.1. The van der Waals surface area contributed by atoms with Crippen molar-refractivity contribution in [2.75, 3.05) is 14.2 Å². The van der Waals surface area contributed by atoms with Gasteiger partial charge in [0.2, 0.25) is 11.8 Å². The first-order chi connectivity index (χ1) is 12.0. The minimum Gasteiger partial charge on any atom is -0.481 e. The molecule has 0 saturated carbocycles. The molecular formula is C18H19FN2O4. The van der Waals surface area contributed by atoms with Crippen molar-refractivity contribution < 1.29 is 23.5 Å². The minimum atomic E-state index is -0.899. The summed E-state index contributed by atoms with van der Waals surface area (Å²) in [7, 11) is 2.72. The fourth-order valence-electron chi connectivity index (χ4n) is 2.40. The number of rotatable bonds is 7. The van der Waals surface area contributed by atoms with Crippen molar-refractivity contribution in [1.29, 1.82) is 0 Å². The maximum Gasteiger partial charge on any atom is 0.328 e. The Bertz CT molecular complexity index is 751. The number of amides is 1. The Kier molecular flexibility index (Phi) is 6.45. The number of carbonyl (C=O) groups excluding carboxylic acids is 2. The second kappa shape index (κ2) is 8.77. The number of esters is 1. The van der Waals surface area contributed by atoms with E-state index < -0.39 is 23.7 Å². The largest absolute Gasteiger partial charge is 0.481 e. The fourth-order valence-corrected chi connectivity index (χ4v) is 2.40. The lowest BCUT2D eigenvalue weighted by Crippen LogP contribution is -2.43. The normalized spacial score (nSPS) is 11.5. The van der Waals surface area contributed by atoms with Gasteiger partial charge in [0.05, 0.1) is 20.6 Å². The van der Waals surface area contributed by atoms with Gasteiger partial charge in [0.15, 0.2) is 0 Å². The predicted molar refractivity (Wildman–Crippen MR) is 88.5 cm³/mol. The lowest BCUT2D eigenvalue weighted by Gasteiger charge is -2.17. The minimum absolute atomic E-state index is 0.0462. The van der Waals surface area contributed by atoms with Crippen LogP contribution in [0, 0.1) is 5.82 Å². The summed E-state index contributed by atoms with van der Waals surface area (Å²) in [4.78, 5) is 28.3. The summed E-state index contributed by atoms with van der Waals surface area (Å²) in [6.07, 6.45) is 1.69. The molecule has 2 rings (SSSR count). The Hall–Kier alpha value is -2.96. The van der Waals surface area contributed by atoms with E-state index in [0.717, 1.165) is 0 Å². The van der Waals surface area contributed by atoms with Gasteiger partial charge in [-0.05, 0) is 23.8 Å². The second-order valence-electron chi connectivity index (χ2n) is 5.33. The Morgan fingerprint density at radius 1 is 1.24 bits per heavy atom. The summed E-state index contributed by atoms with van der Waals surface area (Å²) in [5.74, 6) is -1.05. The lowest BCUT2D eigenvalue weighted by atomic mass is 10.1. The summed E-state index contributed by atoms with van der Waals surface area (Å²) >= 11 is 0. The van der Waals surface area contributed by atoms with Gasteiger partial charge in [-0.15, -0.1) is 0 Å². The smallest absolute Gasteiger partial charge is 0.328 e. The number of ether oxygens (including phenoxy) is 2. The summed E-state index contributed by atoms with van der Waals surface area (Å²) < 4.78 is 23.1. The van der Waals surface area contributed by atoms with Crippen molar-refractivity contribution in [3.8, 4) is 5.88 Å². The molecule has 0 bridgehead atoms. The van der Waals surface area contributed by atoms with Gasteiger partial charge in [0.25, 0.3) is 0 Å². The van der Waals surface area contributed by atoms with Crippen molar-refractivity contribution in [2.45, 2.75) is 18.9 Å². The van der Waals surface area contributed by atoms with E-state index in [1.165, 1.54) is 32.4 Å². The van der Waals surface area contributed by atoms with Gasteiger partial charge >= 0.3 is 5.97 Å². The number of halogens is 1. The molecule has 0 unspecified atom stereocenters. The molecule has 1 amide bonds. The highest BCUT2D eigenvalue weighted by Gasteiger charge is 2.23. The number of aromatic nitrogens is 1. The molecule has 0 spiro atoms. The Labute approximate surface area is 145 Å². The van der Waals surface area contributed by atoms with Crippen LogP contribution in [0.2, 0.25) is 0 Å². The number of benzene rings is 1. The molecule has 0 aliphatic carbocycles. The molecule has 2 aromatic rings. The summed E-state index contributed by atoms with van der Waals surface area (Å²) in [5, 5.41) is 2.62. The van der Waals surface area contributed by atoms with E-state index in [9.17, 15) is 14.0 Å². The Morgan fingerprint density at radius 2 is 2.04 bits per heavy atom. The van der Waals surface area contributed by atoms with Crippen LogP contribution in [-0.4, -0.2) is 37.1 Å². The molecule has 0 aliphatic heterocycles. The number of pyridine rings is 1. The van der Waals surface area contributed by atoms with E-state index in [1.807, 2.05) is 0 Å². The molecule has 0 fully saturated rings. The van der Waals surface area contributed by atoms with Crippen molar-refractivity contribution in [1.82, 2.24) is 10.3 Å². The molecule has 6 nitrogen and oxygen atoms in total. The van der Waals surface area contributed by atoms with Crippen LogP contribution in [0.25, 0.3) is 0 Å². The van der Waals surface area contributed by atoms with E-state index in [0.29, 0.717) is 17.0 Å². The first kappa shape index (κ1) is 18.4. The van der Waals surface area contributed by atoms with Crippen LogP contribution in [0.1, 0.15) is 11.1 Å². The first-order valence-corrected chi connectivity index (χ1v) is 7.63. The third kappa shape index (κ3) is 5.27. The third-order valence-electron chi connectivity index (χ3n) is 3.54. The van der Waals surface area contributed by atoms with Crippen LogP contribution in [0.3, 0.4) is 0 Å². The number of nitrogens with zero attached hydrogens (tertiary/aromatic N) is 1. The fraction of sp³-hybridized carbons (Fsp3) is 0.278. The number of methoxy groups -OCH3 is 2. The maximum atomic E-state index is 13.2. The molecule has 1 aromatic heterocycles. The SMILES string of the molecule is COC(=O)[C@@H](Cc1cccnc1OC)NC(=O)Cc1cccc(F)c1. The lowest BCUT2D eigenvalue weighted by molar-refractivity contribution is -0.145. The van der Waals surface area contributed by atoms with Crippen molar-refractivity contribution in [3.63, 3.8) is 0 Å². The van der Waals surface area contributed by atoms with Gasteiger partial charge in [0, 0.05) is 18.2 Å². The van der Waals surface area contributed by atoms with E-state index in [1.54, 1.807) is 24.4 Å². The zero-order valence-corrected chi connectivity index (χ0v) is 14.0. The summed E-state index contributed by atoms with van der Waals surface area (Å²) in [5.41, 5.74) is 1.17. The highest BCUT2D eigenvalue weighted by Crippen LogP contribution is 2.16. The van der Waals surface area contributed by atoms with Crippen molar-refractivity contribution >= 4 is 11.9 Å². The molecule has 1 N–H and O–H groups in total. The van der Waals surface area contributed by atoms with Crippen LogP contribution < -0.4 is 10.1 Å². The zero-order chi connectivity index (χ0) is 18.2. The van der Waals surface area contributed by atoms with E-state index in [-0.39, 0.29) is 12.8 Å². The first-order valence-electron chi connectivity index (χ1n) is 7.63. The summed E-state index contributed by atoms with van der Waals surface area (Å²) in [6, 6.07) is 8.30. The number of hydrogen-bond acceptors (Lipinski definition) is 5. The van der Waals surface area contributed by atoms with E-state index in [2.05, 4.69) is 10.3 Å². The van der Waals surface area contributed by atoms with E-state index >= 15 is 0 Å². The second-order valence-corrected chi connectivity index (χ2v) is 5.33. The zero-order valence-electron chi connectivity index (χ0n) is 14.0. The van der Waals surface area contributed by atoms with Gasteiger partial charge in [-0.3, -0.25) is 4.79 Å². The van der Waals surface area contributed by atoms with Crippen LogP contribution in [0.15, 0.2) is 42.6 Å². The molecule has 1 aromatic carbocycles. The Morgan fingerprint density at radius 3 is 2.72 bits per heavy atom. The number of nitrogens with one attached hydrogen (secondary N) is 1. The summed E-state index contributed by atoms with van der Waals surface area (Å²) in [6.45, 7) is 0. The molecule has 1 atom stereocenters. The van der Waals surface area contributed by atoms with Crippen molar-refractivity contribution in [3.05, 3.63) is 59.5 Å². The van der Waals surface area contributed by atoms with Crippen LogP contribution in [0.5, 0.6) is 5.88 Å². The number of carbonyl (C=O) groups is 2. The maximum absolute atomic E-state index is 13.2. The molecule has 0 aliphatic rings. The molecule has 1 heterocycles. The molecule has 25 heavy (non-hydrogen) atoms. The van der Waals surface area contributed by atoms with Gasteiger partial charge < -0.3 is 14.8 Å². The molecule has 0 radical (unpaired) electrons. The van der Waals surface area contributed by atoms with Crippen LogP contribution in [0.4, 0.5) is 4.39 Å². The predicted octanol–water partition coefficient (Wildman–Crippen LogP) is 1.67. The monoisotopic (exact) mass is 346 g/mol. The molecule has 0 saturated heterocycles. The van der Waals surface area contributed by atoms with Gasteiger partial charge in [-0.2, -0.15) is 0 Å². The average Bonchev–Trinajstić information content (AvgIpc) is 2.60. The third-order valence-corrected chi connectivity index (χ3v) is 3.54. The van der Waals surface area contributed by atoms with E-state index in [4.69, 9.17) is 9.47 Å². The van der Waals surface area contributed by atoms with Crippen LogP contribution in [-0.2, 0) is 27.2 Å². The topological polar surface area (TPSA) is 77.5 Å². The van der Waals surface area contributed by atoms with Gasteiger partial charge in [-0.1, -0.05) is 18.2 Å². The molecule has 7 heteroatoms. The average molecular weight is 346 g/mol. The van der Waals surface area contributed by atoms with Gasteiger partial charge in [-0.25, -0.2) is 14.2 Å². The van der Waals surface area contributed by atoms with Crippen LogP contribution >= 0.6 is 0 Å².